The van der Waals surface area contributed by atoms with Crippen molar-refractivity contribution in [2.45, 2.75) is 30.7 Å². The Hall–Kier alpha value is -1.67. The fraction of sp³-hybridized carbons (Fsp3) is 0.500. The van der Waals surface area contributed by atoms with Gasteiger partial charge in [-0.25, -0.2) is 8.42 Å². The van der Waals surface area contributed by atoms with Crippen molar-refractivity contribution in [3.8, 4) is 0 Å². The number of piperidine rings is 1. The van der Waals surface area contributed by atoms with E-state index in [9.17, 15) is 18.0 Å². The lowest BCUT2D eigenvalue weighted by molar-refractivity contribution is -0.123. The van der Waals surface area contributed by atoms with Gasteiger partial charge in [0.25, 0.3) is 0 Å². The van der Waals surface area contributed by atoms with Gasteiger partial charge in [-0.15, -0.1) is 0 Å². The lowest BCUT2D eigenvalue weighted by atomic mass is 9.95. The molecule has 110 valence electrons. The molecule has 2 atom stereocenters. The van der Waals surface area contributed by atoms with Crippen LogP contribution in [0.15, 0.2) is 28.2 Å². The van der Waals surface area contributed by atoms with E-state index in [0.717, 1.165) is 12.3 Å². The van der Waals surface area contributed by atoms with Crippen molar-refractivity contribution in [1.29, 1.82) is 0 Å². The maximum atomic E-state index is 12.5. The molecular weight excluding hydrogens is 282 g/mol. The van der Waals surface area contributed by atoms with E-state index >= 15 is 0 Å². The van der Waals surface area contributed by atoms with Crippen molar-refractivity contribution < 1.29 is 13.2 Å². The van der Waals surface area contributed by atoms with E-state index in [1.54, 1.807) is 6.92 Å². The Balaban J connectivity index is 2.40. The number of nitrogens with two attached hydrogens (primary N) is 1. The molecule has 1 fully saturated rings. The quantitative estimate of drug-likeness (QED) is 0.794. The number of nitrogens with one attached hydrogen (secondary N) is 1. The van der Waals surface area contributed by atoms with Gasteiger partial charge in [0, 0.05) is 31.0 Å². The van der Waals surface area contributed by atoms with Gasteiger partial charge in [-0.1, -0.05) is 0 Å². The summed E-state index contributed by atoms with van der Waals surface area (Å²) < 4.78 is 26.3. The third kappa shape index (κ3) is 2.61. The van der Waals surface area contributed by atoms with Gasteiger partial charge >= 0.3 is 0 Å². The van der Waals surface area contributed by atoms with Gasteiger partial charge in [0.05, 0.1) is 5.92 Å². The van der Waals surface area contributed by atoms with Crippen molar-refractivity contribution >= 4 is 15.9 Å². The van der Waals surface area contributed by atoms with Crippen LogP contribution in [-0.4, -0.2) is 36.2 Å². The molecule has 1 amide bonds. The van der Waals surface area contributed by atoms with Crippen molar-refractivity contribution in [3.05, 3.63) is 28.7 Å². The number of carbonyl (C=O) groups is 1. The van der Waals surface area contributed by atoms with Crippen LogP contribution in [0.4, 0.5) is 0 Å². The molecule has 1 aromatic rings. The number of nitrogens with zero attached hydrogens (tertiary/aromatic N) is 1. The first kappa shape index (κ1) is 14.7. The molecule has 0 bridgehead atoms. The summed E-state index contributed by atoms with van der Waals surface area (Å²) in [7, 11) is -3.93. The van der Waals surface area contributed by atoms with Crippen LogP contribution in [0.2, 0.25) is 0 Å². The Morgan fingerprint density at radius 1 is 1.45 bits per heavy atom. The van der Waals surface area contributed by atoms with Gasteiger partial charge in [-0.2, -0.15) is 4.31 Å². The summed E-state index contributed by atoms with van der Waals surface area (Å²) >= 11 is 0. The van der Waals surface area contributed by atoms with E-state index in [1.165, 1.54) is 10.5 Å². The van der Waals surface area contributed by atoms with Crippen LogP contribution in [0.5, 0.6) is 0 Å². The molecule has 2 rings (SSSR count). The highest BCUT2D eigenvalue weighted by Crippen LogP contribution is 2.26. The second-order valence-electron chi connectivity index (χ2n) is 4.97. The molecule has 1 aliphatic heterocycles. The number of pyridine rings is 1. The molecule has 0 radical (unpaired) electrons. The number of hydrogen-bond donors (Lipinski definition) is 2. The molecule has 2 heterocycles. The highest BCUT2D eigenvalue weighted by atomic mass is 32.2. The molecular formula is C12H17N3O4S. The van der Waals surface area contributed by atoms with Crippen LogP contribution >= 0.6 is 0 Å². The van der Waals surface area contributed by atoms with E-state index in [4.69, 9.17) is 5.73 Å². The maximum Gasteiger partial charge on any atom is 0.248 e. The average Bonchev–Trinajstić information content (AvgIpc) is 2.39. The van der Waals surface area contributed by atoms with Crippen LogP contribution in [0.25, 0.3) is 0 Å². The van der Waals surface area contributed by atoms with Crippen molar-refractivity contribution in [2.24, 2.45) is 11.7 Å². The molecule has 1 aliphatic rings. The van der Waals surface area contributed by atoms with Gasteiger partial charge in [0.1, 0.15) is 4.90 Å². The molecule has 7 nitrogen and oxygen atoms in total. The Morgan fingerprint density at radius 2 is 2.15 bits per heavy atom. The van der Waals surface area contributed by atoms with Gasteiger partial charge in [0.2, 0.25) is 21.4 Å². The Bertz CT molecular complexity index is 667. The van der Waals surface area contributed by atoms with Crippen LogP contribution in [0.1, 0.15) is 19.8 Å². The first-order chi connectivity index (χ1) is 9.34. The fourth-order valence-electron chi connectivity index (χ4n) is 2.37. The Morgan fingerprint density at radius 3 is 2.75 bits per heavy atom. The van der Waals surface area contributed by atoms with Crippen LogP contribution in [0.3, 0.4) is 0 Å². The summed E-state index contributed by atoms with van der Waals surface area (Å²) in [6, 6.07) is 0.891. The van der Waals surface area contributed by atoms with Gasteiger partial charge < -0.3 is 10.7 Å². The zero-order valence-electron chi connectivity index (χ0n) is 11.1. The number of primary amides is 1. The highest BCUT2D eigenvalue weighted by Gasteiger charge is 2.37. The molecule has 1 aromatic heterocycles. The zero-order valence-corrected chi connectivity index (χ0v) is 11.9. The molecule has 1 saturated heterocycles. The first-order valence-electron chi connectivity index (χ1n) is 6.32. The van der Waals surface area contributed by atoms with Gasteiger partial charge in [0.15, 0.2) is 0 Å². The number of aromatic amines is 1. The third-order valence-corrected chi connectivity index (χ3v) is 5.60. The van der Waals surface area contributed by atoms with E-state index in [0.29, 0.717) is 12.8 Å². The molecule has 0 aliphatic carbocycles. The Labute approximate surface area is 116 Å². The van der Waals surface area contributed by atoms with E-state index in [1.807, 2.05) is 0 Å². The SMILES string of the molecule is CC1CCC(C(N)=O)CN1S(=O)(=O)c1c[nH]ccc1=O. The average molecular weight is 299 g/mol. The smallest absolute Gasteiger partial charge is 0.248 e. The summed E-state index contributed by atoms with van der Waals surface area (Å²) in [4.78, 5) is 25.3. The summed E-state index contributed by atoms with van der Waals surface area (Å²) in [6.07, 6.45) is 3.64. The number of aromatic nitrogens is 1. The number of amides is 1. The van der Waals surface area contributed by atoms with Gasteiger partial charge in [-0.3, -0.25) is 9.59 Å². The zero-order chi connectivity index (χ0) is 14.9. The predicted octanol–water partition coefficient (Wildman–Crippen LogP) is -0.351. The minimum absolute atomic E-state index is 0.0210. The maximum absolute atomic E-state index is 12.5. The number of H-pyrrole nitrogens is 1. The van der Waals surface area contributed by atoms with Crippen LogP contribution < -0.4 is 11.2 Å². The van der Waals surface area contributed by atoms with Crippen LogP contribution in [-0.2, 0) is 14.8 Å². The molecule has 8 heteroatoms. The van der Waals surface area contributed by atoms with Crippen molar-refractivity contribution in [1.82, 2.24) is 9.29 Å². The first-order valence-corrected chi connectivity index (χ1v) is 7.76. The number of sulfonamides is 1. The van der Waals surface area contributed by atoms with Gasteiger partial charge in [-0.05, 0) is 19.8 Å². The summed E-state index contributed by atoms with van der Waals surface area (Å²) in [5.41, 5.74) is 4.69. The highest BCUT2D eigenvalue weighted by molar-refractivity contribution is 7.89. The molecule has 3 N–H and O–H groups in total. The van der Waals surface area contributed by atoms with Crippen molar-refractivity contribution in [2.75, 3.05) is 6.54 Å². The van der Waals surface area contributed by atoms with E-state index < -0.39 is 27.3 Å². The summed E-state index contributed by atoms with van der Waals surface area (Å²) in [6.45, 7) is 1.78. The summed E-state index contributed by atoms with van der Waals surface area (Å²) in [5, 5.41) is 0. The minimum atomic E-state index is -3.93. The topological polar surface area (TPSA) is 113 Å². The predicted molar refractivity (Wildman–Crippen MR) is 72.3 cm³/mol. The largest absolute Gasteiger partial charge is 0.369 e. The second-order valence-corrected chi connectivity index (χ2v) is 6.83. The standard InChI is InChI=1S/C12H17N3O4S/c1-8-2-3-9(12(13)17)7-15(8)20(18,19)11-6-14-5-4-10(11)16/h4-6,8-9H,2-3,7H2,1H3,(H2,13,17)(H,14,16). The minimum Gasteiger partial charge on any atom is -0.369 e. The number of rotatable bonds is 3. The fourth-order valence-corrected chi connectivity index (χ4v) is 4.12. The molecule has 20 heavy (non-hydrogen) atoms. The monoisotopic (exact) mass is 299 g/mol. The normalized spacial score (nSPS) is 24.4. The van der Waals surface area contributed by atoms with E-state index in [-0.39, 0.29) is 17.5 Å². The lowest BCUT2D eigenvalue weighted by Crippen LogP contribution is -2.49. The Kier molecular flexibility index (Phi) is 3.96. The molecule has 0 saturated carbocycles. The number of carbonyl (C=O) groups excluding carboxylic acids is 1. The summed E-state index contributed by atoms with van der Waals surface area (Å²) in [5.74, 6) is -1.03. The molecule has 0 spiro atoms. The second kappa shape index (κ2) is 5.37. The third-order valence-electron chi connectivity index (χ3n) is 3.60. The molecule has 2 unspecified atom stereocenters. The molecule has 0 aromatic carbocycles. The van der Waals surface area contributed by atoms with Crippen molar-refractivity contribution in [3.63, 3.8) is 0 Å². The van der Waals surface area contributed by atoms with E-state index in [2.05, 4.69) is 4.98 Å². The van der Waals surface area contributed by atoms with Crippen LogP contribution in [0, 0.1) is 5.92 Å². The number of hydrogen-bond acceptors (Lipinski definition) is 4. The lowest BCUT2D eigenvalue weighted by Gasteiger charge is -2.35.